The minimum Gasteiger partial charge on any atom is -0.376 e. The lowest BCUT2D eigenvalue weighted by molar-refractivity contribution is -0.00108. The highest BCUT2D eigenvalue weighted by molar-refractivity contribution is 4.39. The first kappa shape index (κ1) is 9.92. The smallest absolute Gasteiger partial charge is 0.0704 e. The summed E-state index contributed by atoms with van der Waals surface area (Å²) in [6.07, 6.45) is 0.631. The van der Waals surface area contributed by atoms with Crippen molar-refractivity contribution in [3.05, 3.63) is 0 Å². The Morgan fingerprint density at radius 2 is 1.10 bits per heavy atom. The van der Waals surface area contributed by atoms with Gasteiger partial charge in [0.2, 0.25) is 0 Å². The molecule has 0 saturated heterocycles. The molecule has 0 heterocycles. The maximum Gasteiger partial charge on any atom is 0.0704 e. The monoisotopic (exact) mass is 146 g/mol. The van der Waals surface area contributed by atoms with Crippen LogP contribution in [0.1, 0.15) is 27.7 Å². The third-order valence-electron chi connectivity index (χ3n) is 0.986. The van der Waals surface area contributed by atoms with Crippen LogP contribution in [-0.2, 0) is 9.47 Å². The molecule has 0 bridgehead atoms. The molecule has 0 spiro atoms. The molecule has 0 aromatic carbocycles. The van der Waals surface area contributed by atoms with Crippen LogP contribution in [-0.4, -0.2) is 25.4 Å². The van der Waals surface area contributed by atoms with Crippen LogP contribution < -0.4 is 0 Å². The van der Waals surface area contributed by atoms with E-state index in [-0.39, 0.29) is 0 Å². The maximum atomic E-state index is 5.27. The van der Waals surface area contributed by atoms with Crippen molar-refractivity contribution in [1.29, 1.82) is 0 Å². The standard InChI is InChI=1S/C8H18O2/c1-7(2)9-5-6-10-8(3)4/h7-8H,5-6H2,1-4H3. The number of hydrogen-bond acceptors (Lipinski definition) is 2. The van der Waals surface area contributed by atoms with Crippen molar-refractivity contribution in [2.45, 2.75) is 39.9 Å². The van der Waals surface area contributed by atoms with Gasteiger partial charge in [-0.2, -0.15) is 0 Å². The molecular formula is C8H18O2. The molecule has 10 heavy (non-hydrogen) atoms. The fourth-order valence-corrected chi connectivity index (χ4v) is 0.568. The third kappa shape index (κ3) is 7.92. The van der Waals surface area contributed by atoms with Crippen molar-refractivity contribution in [2.75, 3.05) is 13.2 Å². The fraction of sp³-hybridized carbons (Fsp3) is 1.00. The highest BCUT2D eigenvalue weighted by Gasteiger charge is 1.94. The van der Waals surface area contributed by atoms with E-state index in [9.17, 15) is 0 Å². The Bertz CT molecular complexity index is 59.7. The van der Waals surface area contributed by atoms with E-state index < -0.39 is 0 Å². The molecule has 0 radical (unpaired) electrons. The Morgan fingerprint density at radius 1 is 0.800 bits per heavy atom. The van der Waals surface area contributed by atoms with Crippen molar-refractivity contribution in [3.8, 4) is 0 Å². The van der Waals surface area contributed by atoms with Crippen LogP contribution in [0.4, 0.5) is 0 Å². The van der Waals surface area contributed by atoms with Gasteiger partial charge < -0.3 is 9.47 Å². The summed E-state index contributed by atoms with van der Waals surface area (Å²) in [7, 11) is 0. The third-order valence-corrected chi connectivity index (χ3v) is 0.986. The predicted octanol–water partition coefficient (Wildman–Crippen LogP) is 1.84. The zero-order valence-corrected chi connectivity index (χ0v) is 7.39. The molecule has 0 aromatic heterocycles. The second kappa shape index (κ2) is 5.69. The van der Waals surface area contributed by atoms with Crippen molar-refractivity contribution < 1.29 is 9.47 Å². The molecule has 0 rings (SSSR count). The molecular weight excluding hydrogens is 128 g/mol. The molecule has 0 aliphatic carbocycles. The van der Waals surface area contributed by atoms with Crippen LogP contribution in [0.2, 0.25) is 0 Å². The van der Waals surface area contributed by atoms with E-state index in [1.165, 1.54) is 0 Å². The maximum absolute atomic E-state index is 5.27. The van der Waals surface area contributed by atoms with E-state index in [0.717, 1.165) is 0 Å². The molecule has 0 N–H and O–H groups in total. The summed E-state index contributed by atoms with van der Waals surface area (Å²) in [4.78, 5) is 0. The Hall–Kier alpha value is -0.0800. The lowest BCUT2D eigenvalue weighted by Crippen LogP contribution is -2.12. The average Bonchev–Trinajstić information content (AvgIpc) is 1.79. The lowest BCUT2D eigenvalue weighted by atomic mass is 10.5. The van der Waals surface area contributed by atoms with Crippen molar-refractivity contribution in [2.24, 2.45) is 0 Å². The molecule has 0 aliphatic rings. The first-order valence-electron chi connectivity index (χ1n) is 3.86. The summed E-state index contributed by atoms with van der Waals surface area (Å²) >= 11 is 0. The minimum atomic E-state index is 0.316. The highest BCUT2D eigenvalue weighted by atomic mass is 16.5. The summed E-state index contributed by atoms with van der Waals surface area (Å²) in [5, 5.41) is 0. The molecule has 0 atom stereocenters. The fourth-order valence-electron chi connectivity index (χ4n) is 0.568. The zero-order chi connectivity index (χ0) is 7.98. The molecule has 0 saturated carbocycles. The average molecular weight is 146 g/mol. The first-order valence-corrected chi connectivity index (χ1v) is 3.86. The molecule has 62 valence electrons. The molecule has 2 nitrogen and oxygen atoms in total. The van der Waals surface area contributed by atoms with Gasteiger partial charge in [0.1, 0.15) is 0 Å². The molecule has 0 fully saturated rings. The van der Waals surface area contributed by atoms with E-state index in [1.807, 2.05) is 27.7 Å². The predicted molar refractivity (Wildman–Crippen MR) is 42.2 cm³/mol. The van der Waals surface area contributed by atoms with E-state index >= 15 is 0 Å². The van der Waals surface area contributed by atoms with Gasteiger partial charge in [0.05, 0.1) is 25.4 Å². The normalized spacial score (nSPS) is 11.4. The van der Waals surface area contributed by atoms with Gasteiger partial charge in [0, 0.05) is 0 Å². The van der Waals surface area contributed by atoms with E-state index in [4.69, 9.17) is 9.47 Å². The van der Waals surface area contributed by atoms with E-state index in [2.05, 4.69) is 0 Å². The topological polar surface area (TPSA) is 18.5 Å². The molecule has 0 unspecified atom stereocenters. The summed E-state index contributed by atoms with van der Waals surface area (Å²) in [5.41, 5.74) is 0. The number of ether oxygens (including phenoxy) is 2. The summed E-state index contributed by atoms with van der Waals surface area (Å²) in [6, 6.07) is 0. The van der Waals surface area contributed by atoms with Crippen LogP contribution in [0.15, 0.2) is 0 Å². The SMILES string of the molecule is CC(C)OCCOC(C)C. The summed E-state index contributed by atoms with van der Waals surface area (Å²) in [5.74, 6) is 0. The van der Waals surface area contributed by atoms with Crippen LogP contribution in [0, 0.1) is 0 Å². The Balaban J connectivity index is 2.91. The van der Waals surface area contributed by atoms with Crippen LogP contribution in [0.3, 0.4) is 0 Å². The summed E-state index contributed by atoms with van der Waals surface area (Å²) in [6.45, 7) is 9.50. The summed E-state index contributed by atoms with van der Waals surface area (Å²) < 4.78 is 10.5. The van der Waals surface area contributed by atoms with Crippen molar-refractivity contribution in [3.63, 3.8) is 0 Å². The minimum absolute atomic E-state index is 0.316. The van der Waals surface area contributed by atoms with Gasteiger partial charge in [-0.25, -0.2) is 0 Å². The van der Waals surface area contributed by atoms with E-state index in [0.29, 0.717) is 25.4 Å². The highest BCUT2D eigenvalue weighted by Crippen LogP contribution is 1.90. The van der Waals surface area contributed by atoms with Gasteiger partial charge in [-0.3, -0.25) is 0 Å². The Morgan fingerprint density at radius 3 is 1.30 bits per heavy atom. The zero-order valence-electron chi connectivity index (χ0n) is 7.39. The molecule has 0 aromatic rings. The first-order chi connectivity index (χ1) is 4.63. The molecule has 0 aliphatic heterocycles. The van der Waals surface area contributed by atoms with Gasteiger partial charge >= 0.3 is 0 Å². The second-order valence-electron chi connectivity index (χ2n) is 2.84. The van der Waals surface area contributed by atoms with Crippen LogP contribution in [0.5, 0.6) is 0 Å². The number of hydrogen-bond donors (Lipinski definition) is 0. The van der Waals surface area contributed by atoms with E-state index in [1.54, 1.807) is 0 Å². The quantitative estimate of drug-likeness (QED) is 0.551. The second-order valence-corrected chi connectivity index (χ2v) is 2.84. The molecule has 0 amide bonds. The van der Waals surface area contributed by atoms with Crippen LogP contribution in [0.25, 0.3) is 0 Å². The van der Waals surface area contributed by atoms with Crippen molar-refractivity contribution in [1.82, 2.24) is 0 Å². The van der Waals surface area contributed by atoms with Gasteiger partial charge in [-0.1, -0.05) is 0 Å². The Labute approximate surface area is 63.5 Å². The van der Waals surface area contributed by atoms with Gasteiger partial charge in [-0.05, 0) is 27.7 Å². The van der Waals surface area contributed by atoms with Gasteiger partial charge in [-0.15, -0.1) is 0 Å². The largest absolute Gasteiger partial charge is 0.376 e. The molecule has 2 heteroatoms. The van der Waals surface area contributed by atoms with Crippen LogP contribution >= 0.6 is 0 Å². The Kier molecular flexibility index (Phi) is 5.64. The van der Waals surface area contributed by atoms with Gasteiger partial charge in [0.15, 0.2) is 0 Å². The lowest BCUT2D eigenvalue weighted by Gasteiger charge is -2.09. The van der Waals surface area contributed by atoms with Crippen molar-refractivity contribution >= 4 is 0 Å². The number of rotatable bonds is 5. The van der Waals surface area contributed by atoms with Gasteiger partial charge in [0.25, 0.3) is 0 Å².